The topological polar surface area (TPSA) is 86.0 Å². The van der Waals surface area contributed by atoms with Gasteiger partial charge in [0.15, 0.2) is 5.75 Å². The van der Waals surface area contributed by atoms with Crippen molar-refractivity contribution in [2.24, 2.45) is 0 Å². The van der Waals surface area contributed by atoms with E-state index in [2.05, 4.69) is 4.74 Å². The zero-order chi connectivity index (χ0) is 13.3. The molecule has 0 saturated heterocycles. The maximum Gasteiger partial charge on any atom is 0.383 e. The van der Waals surface area contributed by atoms with Gasteiger partial charge in [-0.25, -0.2) is 4.79 Å². The van der Waals surface area contributed by atoms with Gasteiger partial charge in [0.1, 0.15) is 11.3 Å². The number of aromatic hydroxyl groups is 1. The smallest absolute Gasteiger partial charge is 0.383 e. The third kappa shape index (κ3) is 2.00. The fraction of sp³-hybridized carbons (Fsp3) is 0.167. The van der Waals surface area contributed by atoms with Crippen LogP contribution in [-0.4, -0.2) is 18.2 Å². The molecular formula is C12H10O6. The third-order valence-corrected chi connectivity index (χ3v) is 2.29. The first-order valence-corrected chi connectivity index (χ1v) is 5.05. The van der Waals surface area contributed by atoms with E-state index < -0.39 is 23.1 Å². The number of methoxy groups -OCH3 is 1. The number of carbonyl (C=O) groups excluding carboxylic acids is 1. The van der Waals surface area contributed by atoms with E-state index in [1.54, 1.807) is 6.07 Å². The van der Waals surface area contributed by atoms with Gasteiger partial charge in [-0.1, -0.05) is 0 Å². The Bertz CT molecular complexity index is 670. The summed E-state index contributed by atoms with van der Waals surface area (Å²) in [6, 6.07) is 4.53. The highest BCUT2D eigenvalue weighted by atomic mass is 16.6. The normalized spacial score (nSPS) is 10.3. The average molecular weight is 250 g/mol. The molecule has 0 aliphatic rings. The Morgan fingerprint density at radius 1 is 1.39 bits per heavy atom. The van der Waals surface area contributed by atoms with Crippen molar-refractivity contribution < 1.29 is 23.8 Å². The van der Waals surface area contributed by atoms with Crippen LogP contribution < -0.4 is 15.1 Å². The predicted octanol–water partition coefficient (Wildman–Crippen LogP) is 1.43. The van der Waals surface area contributed by atoms with E-state index >= 15 is 0 Å². The predicted molar refractivity (Wildman–Crippen MR) is 62.0 cm³/mol. The minimum atomic E-state index is -0.916. The molecule has 0 unspecified atom stereocenters. The monoisotopic (exact) mass is 250 g/mol. The highest BCUT2D eigenvalue weighted by molar-refractivity contribution is 5.87. The van der Waals surface area contributed by atoms with Crippen LogP contribution in [0.4, 0.5) is 0 Å². The Hall–Kier alpha value is -2.50. The molecule has 94 valence electrons. The molecule has 0 fully saturated rings. The fourth-order valence-electron chi connectivity index (χ4n) is 1.51. The third-order valence-electron chi connectivity index (χ3n) is 2.29. The number of hydrogen-bond donors (Lipinski definition) is 1. The van der Waals surface area contributed by atoms with Crippen molar-refractivity contribution in [1.82, 2.24) is 0 Å². The second-order valence-electron chi connectivity index (χ2n) is 3.52. The molecule has 6 nitrogen and oxygen atoms in total. The van der Waals surface area contributed by atoms with E-state index in [0.29, 0.717) is 5.75 Å². The Morgan fingerprint density at radius 2 is 2.11 bits per heavy atom. The van der Waals surface area contributed by atoms with Gasteiger partial charge >= 0.3 is 11.6 Å². The summed E-state index contributed by atoms with van der Waals surface area (Å²) in [5.74, 6) is -1.22. The van der Waals surface area contributed by atoms with Crippen molar-refractivity contribution in [1.29, 1.82) is 0 Å². The molecular weight excluding hydrogens is 240 g/mol. The summed E-state index contributed by atoms with van der Waals surface area (Å²) < 4.78 is 14.5. The zero-order valence-corrected chi connectivity index (χ0v) is 9.72. The summed E-state index contributed by atoms with van der Waals surface area (Å²) in [5, 5.41) is 10.1. The highest BCUT2D eigenvalue weighted by Crippen LogP contribution is 2.33. The largest absolute Gasteiger partial charge is 0.504 e. The minimum absolute atomic E-state index is 0.175. The van der Waals surface area contributed by atoms with Gasteiger partial charge in [0.2, 0.25) is 0 Å². The molecule has 0 radical (unpaired) electrons. The molecule has 0 amide bonds. The van der Waals surface area contributed by atoms with Crippen molar-refractivity contribution in [2.75, 3.05) is 7.11 Å². The van der Waals surface area contributed by atoms with Crippen LogP contribution in [0.2, 0.25) is 0 Å². The van der Waals surface area contributed by atoms with Gasteiger partial charge in [-0.2, -0.15) is 0 Å². The molecule has 1 heterocycles. The van der Waals surface area contributed by atoms with Crippen molar-refractivity contribution in [3.8, 4) is 17.2 Å². The second-order valence-corrected chi connectivity index (χ2v) is 3.52. The Labute approximate surface area is 101 Å². The Balaban J connectivity index is 2.73. The van der Waals surface area contributed by atoms with E-state index in [0.717, 1.165) is 6.92 Å². The van der Waals surface area contributed by atoms with Crippen LogP contribution in [0.1, 0.15) is 6.92 Å². The van der Waals surface area contributed by atoms with Gasteiger partial charge < -0.3 is 19.0 Å². The summed E-state index contributed by atoms with van der Waals surface area (Å²) >= 11 is 0. The Morgan fingerprint density at radius 3 is 2.72 bits per heavy atom. The molecule has 0 spiro atoms. The molecule has 0 saturated carbocycles. The van der Waals surface area contributed by atoms with Crippen molar-refractivity contribution >= 4 is 16.9 Å². The number of benzene rings is 1. The fourth-order valence-corrected chi connectivity index (χ4v) is 1.51. The summed E-state index contributed by atoms with van der Waals surface area (Å²) in [5.41, 5.74) is -0.741. The Kier molecular flexibility index (Phi) is 2.93. The van der Waals surface area contributed by atoms with Crippen LogP contribution in [0.3, 0.4) is 0 Å². The molecule has 1 aromatic carbocycles. The van der Waals surface area contributed by atoms with Gasteiger partial charge in [0.25, 0.3) is 5.75 Å². The van der Waals surface area contributed by atoms with Crippen LogP contribution in [0, 0.1) is 0 Å². The van der Waals surface area contributed by atoms with Crippen molar-refractivity contribution in [2.45, 2.75) is 6.92 Å². The molecule has 2 rings (SSSR count). The van der Waals surface area contributed by atoms with E-state index in [-0.39, 0.29) is 11.0 Å². The van der Waals surface area contributed by atoms with Gasteiger partial charge in [-0.15, -0.1) is 0 Å². The SMILES string of the molecule is COc1ccc2oc(=O)c(OC(C)=O)c(O)c2c1. The average Bonchev–Trinajstić information content (AvgIpc) is 2.34. The van der Waals surface area contributed by atoms with Gasteiger partial charge in [-0.05, 0) is 18.2 Å². The molecule has 0 aliphatic heterocycles. The molecule has 6 heteroatoms. The first kappa shape index (κ1) is 12.0. The van der Waals surface area contributed by atoms with Gasteiger partial charge in [0.05, 0.1) is 12.5 Å². The number of hydrogen-bond acceptors (Lipinski definition) is 6. The lowest BCUT2D eigenvalue weighted by Crippen LogP contribution is -2.11. The van der Waals surface area contributed by atoms with Crippen LogP contribution in [0.5, 0.6) is 17.2 Å². The lowest BCUT2D eigenvalue weighted by molar-refractivity contribution is -0.132. The number of ether oxygens (including phenoxy) is 2. The summed E-state index contributed by atoms with van der Waals surface area (Å²) in [7, 11) is 1.46. The molecule has 0 aliphatic carbocycles. The summed E-state index contributed by atoms with van der Waals surface area (Å²) in [6.07, 6.45) is 0. The summed E-state index contributed by atoms with van der Waals surface area (Å²) in [4.78, 5) is 22.3. The minimum Gasteiger partial charge on any atom is -0.504 e. The van der Waals surface area contributed by atoms with Crippen molar-refractivity contribution in [3.63, 3.8) is 0 Å². The lowest BCUT2D eigenvalue weighted by Gasteiger charge is -2.06. The maximum absolute atomic E-state index is 11.5. The highest BCUT2D eigenvalue weighted by Gasteiger charge is 2.17. The lowest BCUT2D eigenvalue weighted by atomic mass is 10.2. The zero-order valence-electron chi connectivity index (χ0n) is 9.72. The quantitative estimate of drug-likeness (QED) is 0.641. The molecule has 2 aromatic rings. The molecule has 1 aromatic heterocycles. The molecule has 18 heavy (non-hydrogen) atoms. The number of rotatable bonds is 2. The number of carbonyl (C=O) groups is 1. The number of fused-ring (bicyclic) bond motifs is 1. The molecule has 1 N–H and O–H groups in total. The maximum atomic E-state index is 11.5. The van der Waals surface area contributed by atoms with Crippen LogP contribution >= 0.6 is 0 Å². The van der Waals surface area contributed by atoms with Gasteiger partial charge in [-0.3, -0.25) is 4.79 Å². The van der Waals surface area contributed by atoms with E-state index in [4.69, 9.17) is 9.15 Å². The van der Waals surface area contributed by atoms with Crippen LogP contribution in [0.25, 0.3) is 11.0 Å². The molecule has 0 atom stereocenters. The number of esters is 1. The van der Waals surface area contributed by atoms with E-state index in [1.165, 1.54) is 19.2 Å². The first-order valence-electron chi connectivity index (χ1n) is 5.05. The second kappa shape index (κ2) is 4.40. The van der Waals surface area contributed by atoms with Gasteiger partial charge in [0, 0.05) is 6.92 Å². The molecule has 0 bridgehead atoms. The standard InChI is InChI=1S/C12H10O6/c1-6(13)17-11-10(14)8-5-7(16-2)3-4-9(8)18-12(11)15/h3-5,14H,1-2H3. The summed E-state index contributed by atoms with van der Waals surface area (Å²) in [6.45, 7) is 1.12. The van der Waals surface area contributed by atoms with Crippen molar-refractivity contribution in [3.05, 3.63) is 28.6 Å². The first-order chi connectivity index (χ1) is 8.52. The van der Waals surface area contributed by atoms with E-state index in [9.17, 15) is 14.7 Å². The van der Waals surface area contributed by atoms with E-state index in [1.807, 2.05) is 0 Å². The van der Waals surface area contributed by atoms with Crippen LogP contribution in [-0.2, 0) is 4.79 Å². The van der Waals surface area contributed by atoms with Crippen LogP contribution in [0.15, 0.2) is 27.4 Å².